The minimum Gasteiger partial charge on any atom is -0.383 e. The summed E-state index contributed by atoms with van der Waals surface area (Å²) < 4.78 is 51.7. The van der Waals surface area contributed by atoms with E-state index >= 15 is 0 Å². The summed E-state index contributed by atoms with van der Waals surface area (Å²) in [5.74, 6) is -0.684. The maximum Gasteiger partial charge on any atom is 0.243 e. The third kappa shape index (κ3) is 3.46. The maximum atomic E-state index is 13.6. The van der Waals surface area contributed by atoms with Crippen molar-refractivity contribution in [2.75, 3.05) is 53.1 Å². The Balaban J connectivity index is 1.61. The number of halogens is 1. The van der Waals surface area contributed by atoms with Crippen LogP contribution in [0, 0.1) is 5.82 Å². The molecule has 4 rings (SSSR count). The lowest BCUT2D eigenvalue weighted by Gasteiger charge is -2.48. The van der Waals surface area contributed by atoms with Gasteiger partial charge in [0.2, 0.25) is 15.9 Å². The van der Waals surface area contributed by atoms with Crippen LogP contribution in [-0.2, 0) is 24.3 Å². The van der Waals surface area contributed by atoms with Crippen LogP contribution in [0.5, 0.6) is 0 Å². The van der Waals surface area contributed by atoms with Crippen LogP contribution in [0.1, 0.15) is 12.8 Å². The van der Waals surface area contributed by atoms with Crippen molar-refractivity contribution in [3.63, 3.8) is 0 Å². The summed E-state index contributed by atoms with van der Waals surface area (Å²) in [7, 11) is -2.28. The van der Waals surface area contributed by atoms with Crippen LogP contribution in [-0.4, -0.2) is 93.2 Å². The zero-order valence-corrected chi connectivity index (χ0v) is 17.2. The molecule has 3 aliphatic rings. The van der Waals surface area contributed by atoms with E-state index in [0.717, 1.165) is 6.07 Å². The Morgan fingerprint density at radius 3 is 2.72 bits per heavy atom. The molecule has 29 heavy (non-hydrogen) atoms. The molecule has 10 heteroatoms. The van der Waals surface area contributed by atoms with Gasteiger partial charge in [0.25, 0.3) is 0 Å². The van der Waals surface area contributed by atoms with E-state index in [1.54, 1.807) is 7.11 Å². The van der Waals surface area contributed by atoms with E-state index in [1.165, 1.54) is 22.5 Å². The lowest BCUT2D eigenvalue weighted by Crippen LogP contribution is -2.62. The molecule has 160 valence electrons. The van der Waals surface area contributed by atoms with Crippen molar-refractivity contribution in [2.45, 2.75) is 29.4 Å². The first-order chi connectivity index (χ1) is 13.9. The van der Waals surface area contributed by atoms with Gasteiger partial charge in [-0.2, -0.15) is 4.31 Å². The Kier molecular flexibility index (Phi) is 5.64. The second-order valence-electron chi connectivity index (χ2n) is 7.61. The van der Waals surface area contributed by atoms with Crippen LogP contribution in [0.15, 0.2) is 29.2 Å². The van der Waals surface area contributed by atoms with E-state index in [4.69, 9.17) is 9.47 Å². The molecule has 0 N–H and O–H groups in total. The quantitative estimate of drug-likeness (QED) is 0.681. The Morgan fingerprint density at radius 1 is 1.28 bits per heavy atom. The summed E-state index contributed by atoms with van der Waals surface area (Å²) >= 11 is 0. The number of sulfonamides is 1. The Hall–Kier alpha value is -1.59. The first kappa shape index (κ1) is 20.7. The zero-order valence-electron chi connectivity index (χ0n) is 16.4. The standard InChI is InChI=1S/C19H26FN3O5S/c1-27-12-9-23-18(24)17-14-21(29(25,26)16-4-2-3-15(20)13-16)7-8-22(17)19(23)5-10-28-11-6-19/h2-4,13,17H,5-12,14H2,1H3/t17-/m1/s1. The highest BCUT2D eigenvalue weighted by Crippen LogP contribution is 2.41. The van der Waals surface area contributed by atoms with E-state index in [2.05, 4.69) is 4.90 Å². The van der Waals surface area contributed by atoms with E-state index < -0.39 is 27.5 Å². The fraction of sp³-hybridized carbons (Fsp3) is 0.632. The van der Waals surface area contributed by atoms with E-state index in [0.29, 0.717) is 45.8 Å². The monoisotopic (exact) mass is 427 g/mol. The third-order valence-electron chi connectivity index (χ3n) is 6.18. The first-order valence-corrected chi connectivity index (χ1v) is 11.2. The summed E-state index contributed by atoms with van der Waals surface area (Å²) in [6.07, 6.45) is 1.38. The van der Waals surface area contributed by atoms with Crippen molar-refractivity contribution in [3.8, 4) is 0 Å². The number of hydrogen-bond donors (Lipinski definition) is 0. The smallest absolute Gasteiger partial charge is 0.243 e. The molecule has 0 radical (unpaired) electrons. The van der Waals surface area contributed by atoms with Gasteiger partial charge >= 0.3 is 0 Å². The van der Waals surface area contributed by atoms with Gasteiger partial charge in [-0.05, 0) is 18.2 Å². The second kappa shape index (κ2) is 7.92. The molecule has 0 aromatic heterocycles. The normalized spacial score (nSPS) is 25.5. The van der Waals surface area contributed by atoms with Crippen molar-refractivity contribution < 1.29 is 27.1 Å². The van der Waals surface area contributed by atoms with Gasteiger partial charge in [-0.25, -0.2) is 12.8 Å². The Labute approximate surface area is 170 Å². The fourth-order valence-electron chi connectivity index (χ4n) is 4.76. The molecule has 0 saturated carbocycles. The highest BCUT2D eigenvalue weighted by Gasteiger charge is 2.58. The molecule has 1 atom stereocenters. The fourth-order valence-corrected chi connectivity index (χ4v) is 6.23. The third-order valence-corrected chi connectivity index (χ3v) is 8.04. The molecule has 1 aromatic carbocycles. The number of hydrogen-bond acceptors (Lipinski definition) is 6. The van der Waals surface area contributed by atoms with Crippen LogP contribution < -0.4 is 0 Å². The van der Waals surface area contributed by atoms with E-state index in [9.17, 15) is 17.6 Å². The van der Waals surface area contributed by atoms with Gasteiger partial charge in [-0.15, -0.1) is 0 Å². The van der Waals surface area contributed by atoms with Gasteiger partial charge in [0.15, 0.2) is 0 Å². The van der Waals surface area contributed by atoms with E-state index in [-0.39, 0.29) is 23.9 Å². The summed E-state index contributed by atoms with van der Waals surface area (Å²) in [6, 6.07) is 4.43. The molecule has 8 nitrogen and oxygen atoms in total. The molecule has 1 amide bonds. The van der Waals surface area contributed by atoms with Crippen LogP contribution >= 0.6 is 0 Å². The van der Waals surface area contributed by atoms with Crippen LogP contribution in [0.3, 0.4) is 0 Å². The van der Waals surface area contributed by atoms with E-state index in [1.807, 2.05) is 4.90 Å². The minimum atomic E-state index is -3.88. The molecule has 3 saturated heterocycles. The van der Waals surface area contributed by atoms with Crippen molar-refractivity contribution in [2.24, 2.45) is 0 Å². The molecular formula is C19H26FN3O5S. The number of ether oxygens (including phenoxy) is 2. The molecule has 1 aromatic rings. The number of benzene rings is 1. The van der Waals surface area contributed by atoms with Gasteiger partial charge in [-0.3, -0.25) is 9.69 Å². The van der Waals surface area contributed by atoms with Gasteiger partial charge in [0, 0.05) is 46.1 Å². The lowest BCUT2D eigenvalue weighted by atomic mass is 9.97. The van der Waals surface area contributed by atoms with Crippen molar-refractivity contribution in [1.82, 2.24) is 14.1 Å². The molecule has 3 heterocycles. The Bertz CT molecular complexity index is 874. The van der Waals surface area contributed by atoms with Gasteiger partial charge < -0.3 is 14.4 Å². The lowest BCUT2D eigenvalue weighted by molar-refractivity contribution is -0.137. The number of rotatable bonds is 5. The largest absolute Gasteiger partial charge is 0.383 e. The second-order valence-corrected chi connectivity index (χ2v) is 9.55. The van der Waals surface area contributed by atoms with Gasteiger partial charge in [0.05, 0.1) is 24.7 Å². The number of nitrogens with zero attached hydrogens (tertiary/aromatic N) is 3. The number of fused-ring (bicyclic) bond motifs is 2. The number of carbonyl (C=O) groups excluding carboxylic acids is 1. The SMILES string of the molecule is COCCN1C(=O)[C@H]2CN(S(=O)(=O)c3cccc(F)c3)CCN2C12CCOCC2. The topological polar surface area (TPSA) is 79.4 Å². The average molecular weight is 427 g/mol. The van der Waals surface area contributed by atoms with Crippen molar-refractivity contribution in [3.05, 3.63) is 30.1 Å². The Morgan fingerprint density at radius 2 is 2.03 bits per heavy atom. The van der Waals surface area contributed by atoms with Crippen molar-refractivity contribution in [1.29, 1.82) is 0 Å². The number of piperazine rings is 1. The summed E-state index contributed by atoms with van der Waals surface area (Å²) in [4.78, 5) is 17.2. The number of methoxy groups -OCH3 is 1. The highest BCUT2D eigenvalue weighted by molar-refractivity contribution is 7.89. The molecule has 3 fully saturated rings. The van der Waals surface area contributed by atoms with Crippen molar-refractivity contribution >= 4 is 15.9 Å². The molecule has 3 aliphatic heterocycles. The minimum absolute atomic E-state index is 0.0593. The zero-order chi connectivity index (χ0) is 20.6. The molecule has 1 spiro atoms. The molecule has 0 unspecified atom stereocenters. The van der Waals surface area contributed by atoms with Crippen LogP contribution in [0.2, 0.25) is 0 Å². The van der Waals surface area contributed by atoms with Crippen LogP contribution in [0.4, 0.5) is 4.39 Å². The molecule has 0 bridgehead atoms. The predicted octanol–water partition coefficient (Wildman–Crippen LogP) is 0.496. The van der Waals surface area contributed by atoms with Gasteiger partial charge in [-0.1, -0.05) is 6.07 Å². The highest BCUT2D eigenvalue weighted by atomic mass is 32.2. The van der Waals surface area contributed by atoms with Crippen LogP contribution in [0.25, 0.3) is 0 Å². The van der Waals surface area contributed by atoms with Gasteiger partial charge in [0.1, 0.15) is 17.5 Å². The summed E-state index contributed by atoms with van der Waals surface area (Å²) in [6.45, 7) is 2.75. The molecular weight excluding hydrogens is 401 g/mol. The maximum absolute atomic E-state index is 13.6. The first-order valence-electron chi connectivity index (χ1n) is 9.81. The number of amides is 1. The molecule has 0 aliphatic carbocycles. The number of carbonyl (C=O) groups is 1. The summed E-state index contributed by atoms with van der Waals surface area (Å²) in [5.41, 5.74) is -0.451. The average Bonchev–Trinajstić information content (AvgIpc) is 2.94. The predicted molar refractivity (Wildman–Crippen MR) is 102 cm³/mol. The summed E-state index contributed by atoms with van der Waals surface area (Å²) in [5, 5.41) is 0.